The van der Waals surface area contributed by atoms with Crippen LogP contribution in [0.1, 0.15) is 33.4 Å². The van der Waals surface area contributed by atoms with Crippen molar-refractivity contribution in [2.45, 2.75) is 12.4 Å². The Balaban J connectivity index is 1.34. The van der Waals surface area contributed by atoms with Gasteiger partial charge in [-0.25, -0.2) is 0 Å². The lowest BCUT2D eigenvalue weighted by molar-refractivity contribution is -0.138. The largest absolute Gasteiger partial charge is 0.418 e. The molecule has 0 atom stereocenters. The third-order valence-electron chi connectivity index (χ3n) is 11.9. The summed E-state index contributed by atoms with van der Waals surface area (Å²) >= 11 is 0. The number of rotatable bonds is 5. The lowest BCUT2D eigenvalue weighted by atomic mass is 9.96. The van der Waals surface area contributed by atoms with Gasteiger partial charge >= 0.3 is 12.4 Å². The number of nitrogens with zero attached hydrogens (tertiary/aromatic N) is 6. The number of alkyl halides is 6. The molecule has 0 aliphatic heterocycles. The molecule has 0 saturated heterocycles. The van der Waals surface area contributed by atoms with Crippen molar-refractivity contribution < 1.29 is 26.3 Å². The van der Waals surface area contributed by atoms with Crippen LogP contribution in [0, 0.1) is 45.3 Å². The fourth-order valence-corrected chi connectivity index (χ4v) is 8.98. The molecule has 0 saturated carbocycles. The molecule has 314 valence electrons. The number of fused-ring (bicyclic) bond motifs is 6. The van der Waals surface area contributed by atoms with Crippen molar-refractivity contribution in [1.82, 2.24) is 9.13 Å². The Morgan fingerprint density at radius 2 is 0.848 bits per heavy atom. The van der Waals surface area contributed by atoms with Gasteiger partial charge in [-0.1, -0.05) is 84.9 Å². The summed E-state index contributed by atoms with van der Waals surface area (Å²) in [5.74, 6) is 0. The van der Waals surface area contributed by atoms with Gasteiger partial charge in [-0.05, 0) is 101 Å². The summed E-state index contributed by atoms with van der Waals surface area (Å²) in [5, 5.41) is 41.6. The van der Waals surface area contributed by atoms with E-state index in [9.17, 15) is 34.2 Å². The Hall–Kier alpha value is -9.10. The van der Waals surface area contributed by atoms with E-state index in [1.807, 2.05) is 12.1 Å². The van der Waals surface area contributed by atoms with Gasteiger partial charge in [0.05, 0.1) is 91.1 Å². The van der Waals surface area contributed by atoms with Crippen LogP contribution in [0.5, 0.6) is 0 Å². The van der Waals surface area contributed by atoms with Crippen LogP contribution in [0.3, 0.4) is 0 Å². The molecule has 0 spiro atoms. The number of hydrogen-bond acceptors (Lipinski definition) is 4. The minimum absolute atomic E-state index is 0.00607. The number of hydrogen-bond donors (Lipinski definition) is 0. The van der Waals surface area contributed by atoms with E-state index in [1.54, 1.807) is 114 Å². The van der Waals surface area contributed by atoms with Crippen molar-refractivity contribution in [2.75, 3.05) is 0 Å². The summed E-state index contributed by atoms with van der Waals surface area (Å²) in [7, 11) is 0. The maximum absolute atomic E-state index is 16.1. The van der Waals surface area contributed by atoms with Crippen molar-refractivity contribution >= 4 is 43.6 Å². The van der Waals surface area contributed by atoms with E-state index >= 15 is 13.2 Å². The second-order valence-electron chi connectivity index (χ2n) is 15.6. The van der Waals surface area contributed by atoms with E-state index in [2.05, 4.69) is 12.1 Å². The molecule has 0 bridgehead atoms. The minimum atomic E-state index is -5.03. The highest BCUT2D eigenvalue weighted by Gasteiger charge is 2.37. The highest BCUT2D eigenvalue weighted by atomic mass is 19.4. The van der Waals surface area contributed by atoms with Crippen LogP contribution in [-0.4, -0.2) is 9.13 Å². The van der Waals surface area contributed by atoms with Gasteiger partial charge in [0.2, 0.25) is 0 Å². The highest BCUT2D eigenvalue weighted by molar-refractivity contribution is 6.12. The highest BCUT2D eigenvalue weighted by Crippen LogP contribution is 2.46. The average molecular weight is 873 g/mol. The van der Waals surface area contributed by atoms with Gasteiger partial charge in [-0.2, -0.15) is 47.4 Å². The molecule has 66 heavy (non-hydrogen) atoms. The zero-order valence-corrected chi connectivity index (χ0v) is 34.0. The topological polar surface area (TPSA) is 105 Å². The van der Waals surface area contributed by atoms with E-state index in [-0.39, 0.29) is 44.8 Å². The summed E-state index contributed by atoms with van der Waals surface area (Å²) in [6.45, 7) is 0. The Labute approximate surface area is 371 Å². The minimum Gasteiger partial charge on any atom is -0.309 e. The van der Waals surface area contributed by atoms with Crippen LogP contribution in [0.15, 0.2) is 158 Å². The maximum atomic E-state index is 16.1. The molecule has 8 aromatic carbocycles. The molecule has 12 heteroatoms. The smallest absolute Gasteiger partial charge is 0.309 e. The zero-order chi connectivity index (χ0) is 46.1. The summed E-state index contributed by atoms with van der Waals surface area (Å²) in [5.41, 5.74) is 1.93. The Bertz CT molecular complexity index is 3860. The lowest BCUT2D eigenvalue weighted by Crippen LogP contribution is -2.13. The molecule has 0 aliphatic rings. The van der Waals surface area contributed by atoms with Gasteiger partial charge in [0.25, 0.3) is 0 Å². The summed E-state index contributed by atoms with van der Waals surface area (Å²) in [4.78, 5) is 0. The van der Waals surface area contributed by atoms with Crippen molar-refractivity contribution in [3.05, 3.63) is 191 Å². The fourth-order valence-electron chi connectivity index (χ4n) is 8.98. The third kappa shape index (κ3) is 6.65. The monoisotopic (exact) mass is 872 g/mol. The second kappa shape index (κ2) is 15.3. The fraction of sp³-hybridized carbons (Fsp3) is 0.0370. The van der Waals surface area contributed by atoms with Gasteiger partial charge in [-0.15, -0.1) is 0 Å². The molecule has 2 heterocycles. The molecule has 0 fully saturated rings. The van der Waals surface area contributed by atoms with Crippen LogP contribution >= 0.6 is 0 Å². The molecule has 0 N–H and O–H groups in total. The van der Waals surface area contributed by atoms with Gasteiger partial charge in [-0.3, -0.25) is 0 Å². The standard InChI is InChI=1S/C54H26F6N6/c55-53(56,57)38-7-5-6-33(22-38)45-25-52(66-48-11-4-2-9-42(48)44-19-15-35(24-50(44)66)40-17-13-32(28-62)21-37(40)30-64)46(54(58,59)60)26-51(45)65-47-10-3-1-8-41(47)43-18-14-34(23-49(43)65)39-16-12-31(27-61)20-36(39)29-63/h1-26H. The molecular formula is C54H26F6N6. The first kappa shape index (κ1) is 40.9. The number of nitriles is 4. The first-order valence-electron chi connectivity index (χ1n) is 20.2. The summed E-state index contributed by atoms with van der Waals surface area (Å²) in [6.07, 6.45) is -9.82. The molecule has 10 aromatic rings. The molecule has 0 aliphatic carbocycles. The normalized spacial score (nSPS) is 11.7. The predicted octanol–water partition coefficient (Wildman–Crippen LogP) is 14.4. The van der Waals surface area contributed by atoms with Gasteiger partial charge in [0.15, 0.2) is 0 Å². The maximum Gasteiger partial charge on any atom is 0.418 e. The molecule has 10 rings (SSSR count). The lowest BCUT2D eigenvalue weighted by Gasteiger charge is -2.22. The van der Waals surface area contributed by atoms with Crippen molar-refractivity contribution in [1.29, 1.82) is 21.0 Å². The van der Waals surface area contributed by atoms with Crippen molar-refractivity contribution in [2.24, 2.45) is 0 Å². The van der Waals surface area contributed by atoms with Crippen LogP contribution in [0.25, 0.3) is 88.4 Å². The van der Waals surface area contributed by atoms with Crippen LogP contribution in [0.4, 0.5) is 26.3 Å². The number of para-hydroxylation sites is 2. The average Bonchev–Trinajstić information content (AvgIpc) is 3.84. The number of halogens is 6. The third-order valence-corrected chi connectivity index (χ3v) is 11.9. The van der Waals surface area contributed by atoms with E-state index < -0.39 is 23.5 Å². The SMILES string of the molecule is N#Cc1ccc(-c2ccc3c4ccccc4n(-c4cc(C(F)(F)F)c(-n5c6ccccc6c6ccc(-c7ccc(C#N)cc7C#N)cc65)cc4-c4cccc(C(F)(F)F)c4)c3c2)c(C#N)c1. The summed E-state index contributed by atoms with van der Waals surface area (Å²) in [6, 6.07) is 48.6. The van der Waals surface area contributed by atoms with Crippen molar-refractivity contribution in [3.63, 3.8) is 0 Å². The van der Waals surface area contributed by atoms with Crippen LogP contribution in [-0.2, 0) is 12.4 Å². The van der Waals surface area contributed by atoms with Gasteiger partial charge < -0.3 is 9.13 Å². The quantitative estimate of drug-likeness (QED) is 0.161. The first-order valence-corrected chi connectivity index (χ1v) is 20.2. The van der Waals surface area contributed by atoms with Crippen LogP contribution < -0.4 is 0 Å². The van der Waals surface area contributed by atoms with E-state index in [0.29, 0.717) is 65.9 Å². The molecule has 0 radical (unpaired) electrons. The number of benzene rings is 8. The zero-order valence-electron chi connectivity index (χ0n) is 34.0. The second-order valence-corrected chi connectivity index (χ2v) is 15.6. The summed E-state index contributed by atoms with van der Waals surface area (Å²) < 4.78 is 94.9. The number of aromatic nitrogens is 2. The van der Waals surface area contributed by atoms with Gasteiger partial charge in [0.1, 0.15) is 0 Å². The molecule has 0 amide bonds. The van der Waals surface area contributed by atoms with Crippen molar-refractivity contribution in [3.8, 4) is 69.0 Å². The Morgan fingerprint density at radius 1 is 0.364 bits per heavy atom. The molecule has 6 nitrogen and oxygen atoms in total. The molecule has 2 aromatic heterocycles. The molecular weight excluding hydrogens is 847 g/mol. The predicted molar refractivity (Wildman–Crippen MR) is 240 cm³/mol. The van der Waals surface area contributed by atoms with E-state index in [0.717, 1.165) is 18.2 Å². The van der Waals surface area contributed by atoms with Crippen LogP contribution in [0.2, 0.25) is 0 Å². The van der Waals surface area contributed by atoms with Gasteiger partial charge in [0, 0.05) is 27.1 Å². The van der Waals surface area contributed by atoms with E-state index in [1.165, 1.54) is 34.9 Å². The molecule has 0 unspecified atom stereocenters. The van der Waals surface area contributed by atoms with E-state index in [4.69, 9.17) is 0 Å². The Morgan fingerprint density at radius 3 is 1.33 bits per heavy atom. The first-order chi connectivity index (χ1) is 31.8. The Kier molecular flexibility index (Phi) is 9.50.